The van der Waals surface area contributed by atoms with Crippen molar-refractivity contribution in [1.82, 2.24) is 0 Å². The molecule has 1 aromatic carbocycles. The van der Waals surface area contributed by atoms with E-state index in [0.717, 1.165) is 32.2 Å². The number of hydrogen-bond acceptors (Lipinski definition) is 2. The molecule has 0 fully saturated rings. The monoisotopic (exact) mass is 349 g/mol. The Morgan fingerprint density at radius 1 is 1.21 bits per heavy atom. The van der Waals surface area contributed by atoms with E-state index in [1.54, 1.807) is 0 Å². The smallest absolute Gasteiger partial charge is 0.152 e. The summed E-state index contributed by atoms with van der Waals surface area (Å²) < 4.78 is 19.6. The van der Waals surface area contributed by atoms with E-state index in [2.05, 4.69) is 63.4 Å². The van der Waals surface area contributed by atoms with Crippen LogP contribution in [0.15, 0.2) is 35.9 Å². The third-order valence-corrected chi connectivity index (χ3v) is 6.29. The number of para-hydroxylation sites is 1. The van der Waals surface area contributed by atoms with Crippen LogP contribution in [-0.4, -0.2) is 21.1 Å². The predicted molar refractivity (Wildman–Crippen MR) is 104 cm³/mol. The van der Waals surface area contributed by atoms with E-state index in [1.165, 1.54) is 16.8 Å². The zero-order valence-electron chi connectivity index (χ0n) is 15.4. The van der Waals surface area contributed by atoms with Crippen molar-refractivity contribution in [2.45, 2.75) is 58.8 Å². The number of allylic oxidation sites excluding steroid dienone is 2. The standard InChI is InChI=1S/C20H31NO2S/c1-16-11-12-20(4,19(2,3)15-16)17-9-5-6-10-18(17)21-13-7-8-14-24(22)23/h5-6,9-11,21H,7-8,12-15H2,1-4H3,(H,22,23). The summed E-state index contributed by atoms with van der Waals surface area (Å²) in [5.41, 5.74) is 4.37. The lowest BCUT2D eigenvalue weighted by Crippen LogP contribution is -2.41. The van der Waals surface area contributed by atoms with Crippen LogP contribution in [0.3, 0.4) is 0 Å². The van der Waals surface area contributed by atoms with Crippen molar-refractivity contribution in [2.75, 3.05) is 17.6 Å². The molecule has 0 spiro atoms. The van der Waals surface area contributed by atoms with Crippen molar-refractivity contribution in [3.63, 3.8) is 0 Å². The lowest BCUT2D eigenvalue weighted by Gasteiger charge is -2.48. The first-order chi connectivity index (χ1) is 11.3. The van der Waals surface area contributed by atoms with Gasteiger partial charge in [-0.05, 0) is 49.7 Å². The van der Waals surface area contributed by atoms with Crippen LogP contribution in [0.4, 0.5) is 5.69 Å². The van der Waals surface area contributed by atoms with Gasteiger partial charge in [-0.2, -0.15) is 0 Å². The van der Waals surface area contributed by atoms with Crippen LogP contribution < -0.4 is 5.32 Å². The molecular formula is C20H31NO2S. The normalized spacial score (nSPS) is 24.3. The summed E-state index contributed by atoms with van der Waals surface area (Å²) in [6.07, 6.45) is 6.25. The summed E-state index contributed by atoms with van der Waals surface area (Å²) >= 11 is -1.68. The minimum Gasteiger partial charge on any atom is -0.385 e. The molecule has 3 nitrogen and oxygen atoms in total. The molecule has 0 saturated heterocycles. The van der Waals surface area contributed by atoms with E-state index in [4.69, 9.17) is 4.55 Å². The van der Waals surface area contributed by atoms with Gasteiger partial charge in [0, 0.05) is 23.4 Å². The van der Waals surface area contributed by atoms with E-state index in [-0.39, 0.29) is 10.8 Å². The highest BCUT2D eigenvalue weighted by atomic mass is 32.2. The molecule has 2 unspecified atom stereocenters. The molecule has 0 radical (unpaired) electrons. The largest absolute Gasteiger partial charge is 0.385 e. The lowest BCUT2D eigenvalue weighted by atomic mass is 9.56. The van der Waals surface area contributed by atoms with Crippen LogP contribution in [0, 0.1) is 5.41 Å². The third kappa shape index (κ3) is 4.28. The first-order valence-electron chi connectivity index (χ1n) is 8.83. The minimum atomic E-state index is -1.68. The van der Waals surface area contributed by atoms with E-state index in [9.17, 15) is 4.21 Å². The fraction of sp³-hybridized carbons (Fsp3) is 0.600. The zero-order valence-corrected chi connectivity index (χ0v) is 16.2. The average molecular weight is 350 g/mol. The Balaban J connectivity index is 2.15. The van der Waals surface area contributed by atoms with Gasteiger partial charge in [-0.3, -0.25) is 0 Å². The Morgan fingerprint density at radius 2 is 1.92 bits per heavy atom. The number of benzene rings is 1. The van der Waals surface area contributed by atoms with Crippen molar-refractivity contribution in [2.24, 2.45) is 5.41 Å². The van der Waals surface area contributed by atoms with Crippen LogP contribution in [0.2, 0.25) is 0 Å². The first-order valence-corrected chi connectivity index (χ1v) is 10.1. The Hall–Kier alpha value is -1.13. The Morgan fingerprint density at radius 3 is 2.58 bits per heavy atom. The van der Waals surface area contributed by atoms with Gasteiger partial charge in [0.05, 0.1) is 0 Å². The van der Waals surface area contributed by atoms with Gasteiger partial charge in [-0.1, -0.05) is 50.6 Å². The molecule has 0 heterocycles. The first kappa shape index (κ1) is 19.2. The molecule has 1 aliphatic rings. The van der Waals surface area contributed by atoms with E-state index < -0.39 is 11.1 Å². The maximum Gasteiger partial charge on any atom is 0.152 e. The SMILES string of the molecule is CC1=CCC(C)(c2ccccc2NCCCCS(=O)O)C(C)(C)C1. The van der Waals surface area contributed by atoms with Crippen molar-refractivity contribution in [3.05, 3.63) is 41.5 Å². The Bertz CT molecular complexity index is 624. The van der Waals surface area contributed by atoms with Gasteiger partial charge >= 0.3 is 0 Å². The molecule has 0 aromatic heterocycles. The average Bonchev–Trinajstić information content (AvgIpc) is 2.50. The number of nitrogens with one attached hydrogen (secondary N) is 1. The number of hydrogen-bond donors (Lipinski definition) is 2. The van der Waals surface area contributed by atoms with E-state index in [1.807, 2.05) is 0 Å². The highest BCUT2D eigenvalue weighted by Gasteiger charge is 2.44. The van der Waals surface area contributed by atoms with Gasteiger partial charge in [-0.25, -0.2) is 4.21 Å². The van der Waals surface area contributed by atoms with Gasteiger partial charge in [-0.15, -0.1) is 0 Å². The summed E-state index contributed by atoms with van der Waals surface area (Å²) in [7, 11) is 0. The fourth-order valence-corrected chi connectivity index (χ4v) is 4.24. The van der Waals surface area contributed by atoms with Crippen molar-refractivity contribution < 1.29 is 8.76 Å². The highest BCUT2D eigenvalue weighted by Crippen LogP contribution is 2.52. The topological polar surface area (TPSA) is 49.3 Å². The zero-order chi connectivity index (χ0) is 17.8. The van der Waals surface area contributed by atoms with Crippen LogP contribution in [0.1, 0.15) is 58.9 Å². The minimum absolute atomic E-state index is 0.0999. The van der Waals surface area contributed by atoms with Crippen LogP contribution in [0.25, 0.3) is 0 Å². The Kier molecular flexibility index (Phi) is 6.27. The predicted octanol–water partition coefficient (Wildman–Crippen LogP) is 5.12. The summed E-state index contributed by atoms with van der Waals surface area (Å²) in [5.74, 6) is 0.359. The second-order valence-electron chi connectivity index (χ2n) is 7.85. The third-order valence-electron chi connectivity index (χ3n) is 5.66. The lowest BCUT2D eigenvalue weighted by molar-refractivity contribution is 0.166. The maximum atomic E-state index is 10.7. The van der Waals surface area contributed by atoms with Gasteiger partial charge in [0.2, 0.25) is 0 Å². The van der Waals surface area contributed by atoms with Gasteiger partial charge in [0.1, 0.15) is 0 Å². The van der Waals surface area contributed by atoms with E-state index in [0.29, 0.717) is 5.75 Å². The molecule has 4 heteroatoms. The second-order valence-corrected chi connectivity index (χ2v) is 8.90. The number of anilines is 1. The maximum absolute atomic E-state index is 10.7. The fourth-order valence-electron chi connectivity index (χ4n) is 3.79. The van der Waals surface area contributed by atoms with Gasteiger partial charge in [0.25, 0.3) is 0 Å². The number of unbranched alkanes of at least 4 members (excludes halogenated alkanes) is 1. The van der Waals surface area contributed by atoms with Gasteiger partial charge < -0.3 is 9.87 Å². The molecule has 0 bridgehead atoms. The summed E-state index contributed by atoms with van der Waals surface area (Å²) in [6.45, 7) is 10.2. The molecule has 1 aliphatic carbocycles. The molecule has 2 atom stereocenters. The summed E-state index contributed by atoms with van der Waals surface area (Å²) in [6, 6.07) is 8.62. The molecule has 134 valence electrons. The highest BCUT2D eigenvalue weighted by molar-refractivity contribution is 7.79. The summed E-state index contributed by atoms with van der Waals surface area (Å²) in [4.78, 5) is 0. The van der Waals surface area contributed by atoms with Crippen molar-refractivity contribution in [1.29, 1.82) is 0 Å². The molecular weight excluding hydrogens is 318 g/mol. The van der Waals surface area contributed by atoms with Crippen molar-refractivity contribution >= 4 is 16.8 Å². The van der Waals surface area contributed by atoms with Crippen LogP contribution in [-0.2, 0) is 16.5 Å². The quantitative estimate of drug-likeness (QED) is 0.408. The van der Waals surface area contributed by atoms with Gasteiger partial charge in [0.15, 0.2) is 11.1 Å². The van der Waals surface area contributed by atoms with Crippen LogP contribution in [0.5, 0.6) is 0 Å². The van der Waals surface area contributed by atoms with Crippen LogP contribution >= 0.6 is 0 Å². The molecule has 0 saturated carbocycles. The van der Waals surface area contributed by atoms with Crippen molar-refractivity contribution in [3.8, 4) is 0 Å². The molecule has 0 aliphatic heterocycles. The second kappa shape index (κ2) is 7.83. The molecule has 0 amide bonds. The summed E-state index contributed by atoms with van der Waals surface area (Å²) in [5, 5.41) is 3.56. The van der Waals surface area contributed by atoms with E-state index >= 15 is 0 Å². The molecule has 2 N–H and O–H groups in total. The molecule has 1 aromatic rings. The Labute approximate surface area is 149 Å². The number of rotatable bonds is 7. The molecule has 2 rings (SSSR count). The molecule has 24 heavy (non-hydrogen) atoms.